The molecule has 98 valence electrons. The summed E-state index contributed by atoms with van der Waals surface area (Å²) in [6.07, 6.45) is 14.4. The van der Waals surface area contributed by atoms with Crippen molar-refractivity contribution in [2.75, 3.05) is 0 Å². The van der Waals surface area contributed by atoms with Crippen LogP contribution in [0, 0.1) is 0 Å². The fourth-order valence-corrected chi connectivity index (χ4v) is 2.63. The normalized spacial score (nSPS) is 12.0. The molecule has 0 saturated carbocycles. The van der Waals surface area contributed by atoms with Crippen LogP contribution < -0.4 is 5.73 Å². The third kappa shape index (κ3) is 8.15. The molecule has 0 aromatic rings. The van der Waals surface area contributed by atoms with Gasteiger partial charge < -0.3 is 5.73 Å². The zero-order valence-corrected chi connectivity index (χ0v) is 11.9. The molecule has 1 heteroatoms. The Bertz CT molecular complexity index is 136. The summed E-state index contributed by atoms with van der Waals surface area (Å²) in [6, 6.07) is 0. The van der Waals surface area contributed by atoms with Gasteiger partial charge in [-0.15, -0.1) is 0 Å². The first-order valence-electron chi connectivity index (χ1n) is 7.47. The van der Waals surface area contributed by atoms with Gasteiger partial charge in [0, 0.05) is 5.54 Å². The largest absolute Gasteiger partial charge is 0.325 e. The number of hydrogen-bond acceptors (Lipinski definition) is 1. The summed E-state index contributed by atoms with van der Waals surface area (Å²) in [5, 5.41) is 0. The van der Waals surface area contributed by atoms with E-state index in [1.54, 1.807) is 0 Å². The van der Waals surface area contributed by atoms with Gasteiger partial charge in [0.1, 0.15) is 0 Å². The van der Waals surface area contributed by atoms with E-state index in [4.69, 9.17) is 5.73 Å². The minimum absolute atomic E-state index is 0.147. The molecule has 0 atom stereocenters. The van der Waals surface area contributed by atoms with Gasteiger partial charge in [0.05, 0.1) is 0 Å². The third-order valence-corrected chi connectivity index (χ3v) is 3.52. The molecule has 0 fully saturated rings. The Hall–Kier alpha value is -0.0400. The molecule has 16 heavy (non-hydrogen) atoms. The molecule has 0 spiro atoms. The van der Waals surface area contributed by atoms with E-state index in [0.717, 1.165) is 0 Å². The highest BCUT2D eigenvalue weighted by Crippen LogP contribution is 2.23. The summed E-state index contributed by atoms with van der Waals surface area (Å²) in [5.74, 6) is 0. The van der Waals surface area contributed by atoms with Crippen molar-refractivity contribution in [3.63, 3.8) is 0 Å². The molecule has 0 heterocycles. The van der Waals surface area contributed by atoms with Crippen LogP contribution in [-0.4, -0.2) is 5.54 Å². The van der Waals surface area contributed by atoms with Gasteiger partial charge in [0.15, 0.2) is 0 Å². The Morgan fingerprint density at radius 2 is 1.12 bits per heavy atom. The molecule has 0 radical (unpaired) electrons. The lowest BCUT2D eigenvalue weighted by Crippen LogP contribution is -2.39. The predicted octanol–water partition coefficient (Wildman–Crippen LogP) is 5.03. The topological polar surface area (TPSA) is 26.0 Å². The summed E-state index contributed by atoms with van der Waals surface area (Å²) < 4.78 is 0. The summed E-state index contributed by atoms with van der Waals surface area (Å²) in [5.41, 5.74) is 6.61. The lowest BCUT2D eigenvalue weighted by atomic mass is 9.84. The Morgan fingerprint density at radius 3 is 1.62 bits per heavy atom. The van der Waals surface area contributed by atoms with E-state index in [0.29, 0.717) is 0 Å². The summed E-state index contributed by atoms with van der Waals surface area (Å²) in [6.45, 7) is 6.77. The average Bonchev–Trinajstić information content (AvgIpc) is 2.24. The van der Waals surface area contributed by atoms with Crippen LogP contribution in [0.1, 0.15) is 91.4 Å². The van der Waals surface area contributed by atoms with Crippen molar-refractivity contribution in [1.82, 2.24) is 0 Å². The van der Waals surface area contributed by atoms with Crippen LogP contribution in [0.5, 0.6) is 0 Å². The van der Waals surface area contributed by atoms with Crippen molar-refractivity contribution in [2.24, 2.45) is 5.73 Å². The third-order valence-electron chi connectivity index (χ3n) is 3.52. The minimum atomic E-state index is 0.147. The predicted molar refractivity (Wildman–Crippen MR) is 74.7 cm³/mol. The lowest BCUT2D eigenvalue weighted by molar-refractivity contribution is 0.320. The zero-order valence-electron chi connectivity index (χ0n) is 11.9. The SMILES string of the molecule is CCCCCCCCC(N)(CCC)CCC. The number of unbranched alkanes of at least 4 members (excludes halogenated alkanes) is 5. The fraction of sp³-hybridized carbons (Fsp3) is 1.00. The van der Waals surface area contributed by atoms with Crippen molar-refractivity contribution < 1.29 is 0 Å². The molecule has 2 N–H and O–H groups in total. The van der Waals surface area contributed by atoms with Crippen LogP contribution in [0.4, 0.5) is 0 Å². The monoisotopic (exact) mass is 227 g/mol. The molecule has 0 rings (SSSR count). The molecule has 0 saturated heterocycles. The molecule has 0 aliphatic carbocycles. The zero-order chi connectivity index (χ0) is 12.3. The highest BCUT2D eigenvalue weighted by atomic mass is 14.7. The van der Waals surface area contributed by atoms with Gasteiger partial charge in [0.2, 0.25) is 0 Å². The second kappa shape index (κ2) is 10.1. The van der Waals surface area contributed by atoms with Crippen LogP contribution in [0.2, 0.25) is 0 Å². The van der Waals surface area contributed by atoms with Gasteiger partial charge in [-0.05, 0) is 19.3 Å². The Kier molecular flexibility index (Phi) is 10.1. The first-order valence-corrected chi connectivity index (χ1v) is 7.47. The molecule has 0 bridgehead atoms. The molecule has 0 amide bonds. The minimum Gasteiger partial charge on any atom is -0.325 e. The Morgan fingerprint density at radius 1 is 0.625 bits per heavy atom. The Balaban J connectivity index is 3.59. The van der Waals surface area contributed by atoms with E-state index < -0.39 is 0 Å². The van der Waals surface area contributed by atoms with Crippen molar-refractivity contribution >= 4 is 0 Å². The molecule has 0 unspecified atom stereocenters. The van der Waals surface area contributed by atoms with Gasteiger partial charge in [0.25, 0.3) is 0 Å². The second-order valence-corrected chi connectivity index (χ2v) is 5.38. The van der Waals surface area contributed by atoms with Crippen LogP contribution in [0.25, 0.3) is 0 Å². The molecule has 0 aromatic carbocycles. The first kappa shape index (κ1) is 16.0. The maximum atomic E-state index is 6.46. The standard InChI is InChI=1S/C15H33N/c1-4-7-8-9-10-11-14-15(16,12-5-2)13-6-3/h4-14,16H2,1-3H3. The molecule has 0 aliphatic heterocycles. The van der Waals surface area contributed by atoms with Crippen molar-refractivity contribution in [3.8, 4) is 0 Å². The fourth-order valence-electron chi connectivity index (χ4n) is 2.63. The van der Waals surface area contributed by atoms with Crippen LogP contribution >= 0.6 is 0 Å². The van der Waals surface area contributed by atoms with Gasteiger partial charge in [-0.1, -0.05) is 72.1 Å². The average molecular weight is 227 g/mol. The van der Waals surface area contributed by atoms with E-state index in [1.807, 2.05) is 0 Å². The number of rotatable bonds is 11. The molecule has 0 aliphatic rings. The smallest absolute Gasteiger partial charge is 0.0154 e. The number of nitrogens with two attached hydrogens (primary N) is 1. The maximum Gasteiger partial charge on any atom is 0.0154 e. The second-order valence-electron chi connectivity index (χ2n) is 5.38. The van der Waals surface area contributed by atoms with Crippen LogP contribution in [-0.2, 0) is 0 Å². The molecule has 0 aromatic heterocycles. The van der Waals surface area contributed by atoms with Crippen molar-refractivity contribution in [2.45, 2.75) is 96.9 Å². The highest BCUT2D eigenvalue weighted by Gasteiger charge is 2.21. The summed E-state index contributed by atoms with van der Waals surface area (Å²) in [7, 11) is 0. The van der Waals surface area contributed by atoms with E-state index >= 15 is 0 Å². The van der Waals surface area contributed by atoms with Gasteiger partial charge >= 0.3 is 0 Å². The van der Waals surface area contributed by atoms with Crippen molar-refractivity contribution in [1.29, 1.82) is 0 Å². The van der Waals surface area contributed by atoms with E-state index in [9.17, 15) is 0 Å². The van der Waals surface area contributed by atoms with E-state index in [2.05, 4.69) is 20.8 Å². The van der Waals surface area contributed by atoms with Gasteiger partial charge in [-0.25, -0.2) is 0 Å². The van der Waals surface area contributed by atoms with E-state index in [-0.39, 0.29) is 5.54 Å². The molecule has 1 nitrogen and oxygen atoms in total. The number of hydrogen-bond donors (Lipinski definition) is 1. The summed E-state index contributed by atoms with van der Waals surface area (Å²) in [4.78, 5) is 0. The molecular weight excluding hydrogens is 194 g/mol. The maximum absolute atomic E-state index is 6.46. The van der Waals surface area contributed by atoms with Crippen LogP contribution in [0.3, 0.4) is 0 Å². The van der Waals surface area contributed by atoms with Crippen molar-refractivity contribution in [3.05, 3.63) is 0 Å². The molecular formula is C15H33N. The van der Waals surface area contributed by atoms with Crippen LogP contribution in [0.15, 0.2) is 0 Å². The quantitative estimate of drug-likeness (QED) is 0.492. The first-order chi connectivity index (χ1) is 7.68. The summed E-state index contributed by atoms with van der Waals surface area (Å²) >= 11 is 0. The van der Waals surface area contributed by atoms with E-state index in [1.165, 1.54) is 70.6 Å². The highest BCUT2D eigenvalue weighted by molar-refractivity contribution is 4.82. The van der Waals surface area contributed by atoms with Gasteiger partial charge in [-0.3, -0.25) is 0 Å². The van der Waals surface area contributed by atoms with Gasteiger partial charge in [-0.2, -0.15) is 0 Å². The lowest BCUT2D eigenvalue weighted by Gasteiger charge is -2.29. The Labute approximate surface area is 103 Å².